The normalized spacial score (nSPS) is 26.6. The first-order valence-electron chi connectivity index (χ1n) is 8.15. The van der Waals surface area contributed by atoms with Crippen LogP contribution >= 0.6 is 0 Å². The van der Waals surface area contributed by atoms with Gasteiger partial charge in [0.1, 0.15) is 0 Å². The van der Waals surface area contributed by atoms with Crippen molar-refractivity contribution in [3.63, 3.8) is 0 Å². The predicted molar refractivity (Wildman–Crippen MR) is 90.3 cm³/mol. The second kappa shape index (κ2) is 6.18. The lowest BCUT2D eigenvalue weighted by Crippen LogP contribution is -2.45. The van der Waals surface area contributed by atoms with Crippen LogP contribution in [-0.2, 0) is 14.3 Å². The zero-order chi connectivity index (χ0) is 17.4. The van der Waals surface area contributed by atoms with Crippen molar-refractivity contribution in [2.45, 2.75) is 12.2 Å². The highest BCUT2D eigenvalue weighted by Gasteiger charge is 2.50. The summed E-state index contributed by atoms with van der Waals surface area (Å²) in [7, 11) is 0. The summed E-state index contributed by atoms with van der Waals surface area (Å²) in [4.78, 5) is 24.2. The molecule has 0 saturated carbocycles. The molecule has 4 rings (SSSR count). The number of fused-ring (bicyclic) bond motifs is 2. The lowest BCUT2D eigenvalue weighted by atomic mass is 9.82. The third-order valence-corrected chi connectivity index (χ3v) is 4.74. The minimum Gasteiger partial charge on any atom is -0.550 e. The highest BCUT2D eigenvalue weighted by Crippen LogP contribution is 2.40. The van der Waals surface area contributed by atoms with Crippen LogP contribution in [0.4, 0.5) is 5.69 Å². The quantitative estimate of drug-likeness (QED) is 0.862. The maximum absolute atomic E-state index is 12.8. The number of amides is 1. The summed E-state index contributed by atoms with van der Waals surface area (Å²) >= 11 is 0. The molecular formula is C20H16NO4-. The fourth-order valence-corrected chi connectivity index (χ4v) is 3.58. The number of ether oxygens (including phenoxy) is 1. The van der Waals surface area contributed by atoms with Crippen molar-refractivity contribution >= 4 is 17.6 Å². The van der Waals surface area contributed by atoms with Crippen LogP contribution in [0.3, 0.4) is 0 Å². The second-order valence-electron chi connectivity index (χ2n) is 6.22. The Balaban J connectivity index is 1.62. The third-order valence-electron chi connectivity index (χ3n) is 4.74. The summed E-state index contributed by atoms with van der Waals surface area (Å²) < 4.78 is 5.54. The number of nitrogens with one attached hydrogen (secondary N) is 1. The van der Waals surface area contributed by atoms with E-state index in [4.69, 9.17) is 4.74 Å². The lowest BCUT2D eigenvalue weighted by Gasteiger charge is -2.25. The topological polar surface area (TPSA) is 78.5 Å². The largest absolute Gasteiger partial charge is 0.550 e. The number of carboxylic acid groups (broad SMARTS) is 1. The number of hydrogen-bond acceptors (Lipinski definition) is 4. The maximum atomic E-state index is 12.8. The average molecular weight is 334 g/mol. The van der Waals surface area contributed by atoms with E-state index in [0.29, 0.717) is 5.69 Å². The molecule has 2 aromatic rings. The van der Waals surface area contributed by atoms with E-state index >= 15 is 0 Å². The highest BCUT2D eigenvalue weighted by molar-refractivity contribution is 5.99. The van der Waals surface area contributed by atoms with E-state index in [1.807, 2.05) is 48.5 Å². The lowest BCUT2D eigenvalue weighted by molar-refractivity contribution is -0.313. The van der Waals surface area contributed by atoms with Gasteiger partial charge in [0.25, 0.3) is 0 Å². The van der Waals surface area contributed by atoms with Crippen molar-refractivity contribution in [1.29, 1.82) is 0 Å². The monoisotopic (exact) mass is 334 g/mol. The van der Waals surface area contributed by atoms with E-state index in [1.54, 1.807) is 18.2 Å². The number of carbonyl (C=O) groups is 2. The standard InChI is InChI=1S/C20H17NO4/c22-19(17-15-10-11-16(25-15)18(17)20(23)24)21-14-9-5-4-8-13(14)12-6-2-1-3-7-12/h1-11,15-18H,(H,21,22)(H,23,24)/p-1/t15-,16+,17+,18-/m0/s1. The minimum atomic E-state index is -1.26. The van der Waals surface area contributed by atoms with E-state index in [1.165, 1.54) is 0 Å². The van der Waals surface area contributed by atoms with E-state index in [9.17, 15) is 14.7 Å². The number of rotatable bonds is 4. The van der Waals surface area contributed by atoms with E-state index in [-0.39, 0.29) is 5.91 Å². The molecule has 1 saturated heterocycles. The second-order valence-corrected chi connectivity index (χ2v) is 6.22. The molecule has 2 heterocycles. The van der Waals surface area contributed by atoms with Gasteiger partial charge in [-0.2, -0.15) is 0 Å². The van der Waals surface area contributed by atoms with E-state index in [2.05, 4.69) is 5.32 Å². The number of anilines is 1. The Kier molecular flexibility index (Phi) is 3.86. The van der Waals surface area contributed by atoms with Crippen molar-refractivity contribution in [1.82, 2.24) is 0 Å². The molecule has 0 radical (unpaired) electrons. The molecule has 1 N–H and O–H groups in total. The molecule has 5 nitrogen and oxygen atoms in total. The van der Waals surface area contributed by atoms with Gasteiger partial charge in [0.2, 0.25) is 5.91 Å². The van der Waals surface area contributed by atoms with Gasteiger partial charge in [0.15, 0.2) is 0 Å². The molecule has 2 bridgehead atoms. The van der Waals surface area contributed by atoms with Gasteiger partial charge >= 0.3 is 0 Å². The highest BCUT2D eigenvalue weighted by atomic mass is 16.5. The Bertz CT molecular complexity index is 846. The molecule has 2 aliphatic heterocycles. The van der Waals surface area contributed by atoms with E-state index < -0.39 is 30.0 Å². The number of carbonyl (C=O) groups excluding carboxylic acids is 2. The number of benzene rings is 2. The van der Waals surface area contributed by atoms with Gasteiger partial charge in [-0.3, -0.25) is 4.79 Å². The Morgan fingerprint density at radius 2 is 1.52 bits per heavy atom. The predicted octanol–water partition coefficient (Wildman–Crippen LogP) is 1.61. The molecule has 5 heteroatoms. The Morgan fingerprint density at radius 1 is 0.880 bits per heavy atom. The molecule has 1 fully saturated rings. The molecule has 4 atom stereocenters. The van der Waals surface area contributed by atoms with Crippen molar-refractivity contribution in [3.05, 3.63) is 66.7 Å². The minimum absolute atomic E-state index is 0.366. The Labute approximate surface area is 144 Å². The van der Waals surface area contributed by atoms with Gasteiger partial charge in [-0.1, -0.05) is 60.7 Å². The fourth-order valence-electron chi connectivity index (χ4n) is 3.58. The molecule has 2 aromatic carbocycles. The Hall–Kier alpha value is -2.92. The van der Waals surface area contributed by atoms with E-state index in [0.717, 1.165) is 11.1 Å². The van der Waals surface area contributed by atoms with Gasteiger partial charge in [-0.25, -0.2) is 0 Å². The molecule has 0 unspecified atom stereocenters. The zero-order valence-corrected chi connectivity index (χ0v) is 13.3. The molecule has 0 spiro atoms. The van der Waals surface area contributed by atoms with Gasteiger partial charge in [0.05, 0.1) is 18.1 Å². The number of carboxylic acids is 1. The first-order chi connectivity index (χ1) is 12.1. The van der Waals surface area contributed by atoms with Crippen molar-refractivity contribution in [2.24, 2.45) is 11.8 Å². The van der Waals surface area contributed by atoms with Crippen LogP contribution < -0.4 is 10.4 Å². The summed E-state index contributed by atoms with van der Waals surface area (Å²) in [6.45, 7) is 0. The third kappa shape index (κ3) is 2.72. The Morgan fingerprint density at radius 3 is 2.24 bits per heavy atom. The van der Waals surface area contributed by atoms with Crippen molar-refractivity contribution in [2.75, 3.05) is 5.32 Å². The number of hydrogen-bond donors (Lipinski definition) is 1. The summed E-state index contributed by atoms with van der Waals surface area (Å²) in [6, 6.07) is 17.1. The van der Waals surface area contributed by atoms with Crippen LogP contribution in [0.15, 0.2) is 66.7 Å². The van der Waals surface area contributed by atoms with Crippen LogP contribution in [0.2, 0.25) is 0 Å². The smallest absolute Gasteiger partial charge is 0.231 e. The van der Waals surface area contributed by atoms with Gasteiger partial charge in [-0.05, 0) is 11.6 Å². The average Bonchev–Trinajstić information content (AvgIpc) is 3.24. The van der Waals surface area contributed by atoms with Crippen LogP contribution in [0.25, 0.3) is 11.1 Å². The molecule has 0 aliphatic carbocycles. The first kappa shape index (κ1) is 15.6. The summed E-state index contributed by atoms with van der Waals surface area (Å²) in [5.41, 5.74) is 2.49. The molecule has 126 valence electrons. The molecule has 2 aliphatic rings. The fraction of sp³-hybridized carbons (Fsp3) is 0.200. The van der Waals surface area contributed by atoms with Gasteiger partial charge in [-0.15, -0.1) is 0 Å². The number of para-hydroxylation sites is 1. The van der Waals surface area contributed by atoms with Gasteiger partial charge < -0.3 is 20.0 Å². The SMILES string of the molecule is O=C([O-])[C@@H]1[C@H](C(=O)Nc2ccccc2-c2ccccc2)[C@@H]2C=C[C@H]1O2. The number of aliphatic carboxylic acids is 1. The van der Waals surface area contributed by atoms with Crippen LogP contribution in [0.5, 0.6) is 0 Å². The van der Waals surface area contributed by atoms with Crippen LogP contribution in [0.1, 0.15) is 0 Å². The molecule has 1 amide bonds. The summed E-state index contributed by atoms with van der Waals surface area (Å²) in [5, 5.41) is 14.3. The molecule has 0 aromatic heterocycles. The molecular weight excluding hydrogens is 318 g/mol. The van der Waals surface area contributed by atoms with Gasteiger partial charge in [0, 0.05) is 23.1 Å². The van der Waals surface area contributed by atoms with Crippen LogP contribution in [0, 0.1) is 11.8 Å². The summed E-state index contributed by atoms with van der Waals surface area (Å²) in [6.07, 6.45) is 2.33. The zero-order valence-electron chi connectivity index (χ0n) is 13.3. The van der Waals surface area contributed by atoms with Crippen molar-refractivity contribution in [3.8, 4) is 11.1 Å². The maximum Gasteiger partial charge on any atom is 0.231 e. The first-order valence-corrected chi connectivity index (χ1v) is 8.15. The van der Waals surface area contributed by atoms with Crippen molar-refractivity contribution < 1.29 is 19.4 Å². The molecule has 25 heavy (non-hydrogen) atoms. The summed E-state index contributed by atoms with van der Waals surface area (Å²) in [5.74, 6) is -3.37. The van der Waals surface area contributed by atoms with Crippen LogP contribution in [-0.4, -0.2) is 24.1 Å².